The highest BCUT2D eigenvalue weighted by Crippen LogP contribution is 2.20. The highest BCUT2D eigenvalue weighted by molar-refractivity contribution is 6.04. The molecule has 6 nitrogen and oxygen atoms in total. The van der Waals surface area contributed by atoms with E-state index in [0.717, 1.165) is 16.5 Å². The van der Waals surface area contributed by atoms with E-state index in [9.17, 15) is 9.59 Å². The van der Waals surface area contributed by atoms with Gasteiger partial charge in [0.05, 0.1) is 12.7 Å². The molecule has 0 bridgehead atoms. The second-order valence-corrected chi connectivity index (χ2v) is 5.89. The Labute approximate surface area is 151 Å². The number of esters is 1. The number of fused-ring (bicyclic) bond motifs is 1. The maximum Gasteiger partial charge on any atom is 0.340 e. The molecule has 0 saturated carbocycles. The van der Waals surface area contributed by atoms with Crippen LogP contribution in [0.25, 0.3) is 10.9 Å². The maximum absolute atomic E-state index is 12.3. The van der Waals surface area contributed by atoms with Crippen molar-refractivity contribution >= 4 is 22.8 Å². The minimum atomic E-state index is -0.526. The number of benzene rings is 2. The molecule has 1 heterocycles. The van der Waals surface area contributed by atoms with E-state index >= 15 is 0 Å². The van der Waals surface area contributed by atoms with Crippen molar-refractivity contribution in [2.75, 3.05) is 20.8 Å². The lowest BCUT2D eigenvalue weighted by Gasteiger charge is -2.18. The first-order valence-corrected chi connectivity index (χ1v) is 8.19. The molecule has 134 valence electrons. The quantitative estimate of drug-likeness (QED) is 0.692. The van der Waals surface area contributed by atoms with Crippen molar-refractivity contribution < 1.29 is 19.1 Å². The number of rotatable bonds is 6. The Morgan fingerprint density at radius 1 is 1.08 bits per heavy atom. The average Bonchev–Trinajstić information content (AvgIpc) is 3.10. The van der Waals surface area contributed by atoms with Crippen LogP contribution in [0.4, 0.5) is 0 Å². The van der Waals surface area contributed by atoms with Crippen LogP contribution < -0.4 is 4.74 Å². The molecule has 0 aliphatic carbocycles. The third-order valence-electron chi connectivity index (χ3n) is 4.16. The highest BCUT2D eigenvalue weighted by Gasteiger charge is 2.17. The summed E-state index contributed by atoms with van der Waals surface area (Å²) >= 11 is 0. The van der Waals surface area contributed by atoms with E-state index in [0.29, 0.717) is 17.9 Å². The fraction of sp³-hybridized carbons (Fsp3) is 0.200. The summed E-state index contributed by atoms with van der Waals surface area (Å²) in [5, 5.41) is 0.771. The van der Waals surface area contributed by atoms with Gasteiger partial charge in [0.15, 0.2) is 6.61 Å². The summed E-state index contributed by atoms with van der Waals surface area (Å²) < 4.78 is 10.5. The van der Waals surface area contributed by atoms with Crippen molar-refractivity contribution in [1.29, 1.82) is 0 Å². The lowest BCUT2D eigenvalue weighted by atomic mass is 10.2. The molecule has 3 rings (SSSR count). The summed E-state index contributed by atoms with van der Waals surface area (Å²) in [6.45, 7) is 0.0530. The van der Waals surface area contributed by atoms with Crippen molar-refractivity contribution in [2.24, 2.45) is 0 Å². The first-order chi connectivity index (χ1) is 12.6. The normalized spacial score (nSPS) is 10.5. The monoisotopic (exact) mass is 352 g/mol. The zero-order valence-electron chi connectivity index (χ0n) is 14.7. The third-order valence-corrected chi connectivity index (χ3v) is 4.16. The number of carbonyl (C=O) groups excluding carboxylic acids is 2. The predicted octanol–water partition coefficient (Wildman–Crippen LogP) is 2.99. The molecule has 6 heteroatoms. The molecule has 0 aliphatic rings. The van der Waals surface area contributed by atoms with E-state index in [-0.39, 0.29) is 12.5 Å². The lowest BCUT2D eigenvalue weighted by molar-refractivity contribution is -0.133. The number of methoxy groups -OCH3 is 1. The smallest absolute Gasteiger partial charge is 0.340 e. The van der Waals surface area contributed by atoms with E-state index in [1.165, 1.54) is 4.90 Å². The molecule has 1 N–H and O–H groups in total. The van der Waals surface area contributed by atoms with Crippen molar-refractivity contribution in [1.82, 2.24) is 9.88 Å². The topological polar surface area (TPSA) is 71.6 Å². The van der Waals surface area contributed by atoms with Gasteiger partial charge in [0.25, 0.3) is 5.91 Å². The number of aromatic nitrogens is 1. The van der Waals surface area contributed by atoms with Gasteiger partial charge < -0.3 is 19.4 Å². The van der Waals surface area contributed by atoms with Crippen LogP contribution in [0.3, 0.4) is 0 Å². The van der Waals surface area contributed by atoms with Gasteiger partial charge >= 0.3 is 5.97 Å². The van der Waals surface area contributed by atoms with Gasteiger partial charge in [0.2, 0.25) is 0 Å². The van der Waals surface area contributed by atoms with Crippen LogP contribution in [-0.4, -0.2) is 42.5 Å². The van der Waals surface area contributed by atoms with Crippen molar-refractivity contribution in [3.63, 3.8) is 0 Å². The van der Waals surface area contributed by atoms with Crippen LogP contribution in [0.15, 0.2) is 54.7 Å². The number of hydrogen-bond acceptors (Lipinski definition) is 4. The van der Waals surface area contributed by atoms with E-state index in [1.807, 2.05) is 48.5 Å². The summed E-state index contributed by atoms with van der Waals surface area (Å²) in [6, 6.07) is 14.9. The first-order valence-electron chi connectivity index (χ1n) is 8.19. The van der Waals surface area contributed by atoms with Gasteiger partial charge in [-0.25, -0.2) is 4.79 Å². The van der Waals surface area contributed by atoms with Gasteiger partial charge in [0.1, 0.15) is 5.75 Å². The molecule has 3 aromatic rings. The summed E-state index contributed by atoms with van der Waals surface area (Å²) in [6.07, 6.45) is 1.59. The highest BCUT2D eigenvalue weighted by atomic mass is 16.5. The molecule has 2 aromatic carbocycles. The minimum absolute atomic E-state index is 0.288. The molecule has 0 saturated heterocycles. The largest absolute Gasteiger partial charge is 0.496 e. The number of nitrogens with zero attached hydrogens (tertiary/aromatic N) is 1. The van der Waals surface area contributed by atoms with Crippen LogP contribution in [0.2, 0.25) is 0 Å². The summed E-state index contributed by atoms with van der Waals surface area (Å²) in [7, 11) is 3.25. The van der Waals surface area contributed by atoms with Gasteiger partial charge in [0, 0.05) is 36.3 Å². The molecule has 0 radical (unpaired) electrons. The van der Waals surface area contributed by atoms with E-state index in [1.54, 1.807) is 20.4 Å². The van der Waals surface area contributed by atoms with Crippen LogP contribution in [0, 0.1) is 0 Å². The molecular weight excluding hydrogens is 332 g/mol. The summed E-state index contributed by atoms with van der Waals surface area (Å²) in [5.41, 5.74) is 2.15. The second kappa shape index (κ2) is 7.74. The van der Waals surface area contributed by atoms with Gasteiger partial charge in [-0.15, -0.1) is 0 Å². The maximum atomic E-state index is 12.3. The van der Waals surface area contributed by atoms with Gasteiger partial charge in [-0.05, 0) is 12.1 Å². The van der Waals surface area contributed by atoms with Crippen LogP contribution in [-0.2, 0) is 16.1 Å². The molecule has 0 unspecified atom stereocenters. The van der Waals surface area contributed by atoms with Gasteiger partial charge in [-0.1, -0.05) is 36.4 Å². The number of carbonyl (C=O) groups is 2. The van der Waals surface area contributed by atoms with Crippen LogP contribution in [0.5, 0.6) is 5.75 Å². The summed E-state index contributed by atoms with van der Waals surface area (Å²) in [4.78, 5) is 29.1. The van der Waals surface area contributed by atoms with E-state index < -0.39 is 5.97 Å². The molecule has 1 aromatic heterocycles. The van der Waals surface area contributed by atoms with Crippen LogP contribution >= 0.6 is 0 Å². The third kappa shape index (κ3) is 3.69. The Morgan fingerprint density at radius 2 is 1.81 bits per heavy atom. The molecule has 26 heavy (non-hydrogen) atoms. The van der Waals surface area contributed by atoms with Crippen molar-refractivity contribution in [2.45, 2.75) is 6.54 Å². The number of hydrogen-bond donors (Lipinski definition) is 1. The lowest BCUT2D eigenvalue weighted by Crippen LogP contribution is -2.31. The Balaban J connectivity index is 1.60. The number of likely N-dealkylation sites (N-methyl/N-ethyl adjacent to an activating group) is 1. The van der Waals surface area contributed by atoms with E-state index in [4.69, 9.17) is 9.47 Å². The number of amides is 1. The predicted molar refractivity (Wildman–Crippen MR) is 98.0 cm³/mol. The molecule has 0 aliphatic heterocycles. The minimum Gasteiger partial charge on any atom is -0.496 e. The van der Waals surface area contributed by atoms with Gasteiger partial charge in [-0.2, -0.15) is 0 Å². The zero-order valence-corrected chi connectivity index (χ0v) is 14.7. The Kier molecular flexibility index (Phi) is 5.22. The number of para-hydroxylation sites is 2. The molecule has 0 atom stereocenters. The standard InChI is InChI=1S/C20H20N2O4/c1-22(12-14-7-3-6-10-18(14)25-2)19(23)13-26-20(24)16-11-21-17-9-5-4-8-15(16)17/h3-11,21H,12-13H2,1-2H3. The number of ether oxygens (including phenoxy) is 2. The zero-order chi connectivity index (χ0) is 18.5. The number of aromatic amines is 1. The SMILES string of the molecule is COc1ccccc1CN(C)C(=O)COC(=O)c1c[nH]c2ccccc12. The van der Waals surface area contributed by atoms with Crippen molar-refractivity contribution in [3.8, 4) is 5.75 Å². The van der Waals surface area contributed by atoms with Crippen molar-refractivity contribution in [3.05, 3.63) is 65.9 Å². The average molecular weight is 352 g/mol. The molecule has 0 fully saturated rings. The Hall–Kier alpha value is -3.28. The molecule has 0 spiro atoms. The number of H-pyrrole nitrogens is 1. The number of nitrogens with one attached hydrogen (secondary N) is 1. The summed E-state index contributed by atoms with van der Waals surface area (Å²) in [5.74, 6) is -0.103. The second-order valence-electron chi connectivity index (χ2n) is 5.89. The first kappa shape index (κ1) is 17.5. The van der Waals surface area contributed by atoms with Gasteiger partial charge in [-0.3, -0.25) is 4.79 Å². The Morgan fingerprint density at radius 3 is 2.62 bits per heavy atom. The molecular formula is C20H20N2O4. The Bertz CT molecular complexity index is 932. The fourth-order valence-electron chi connectivity index (χ4n) is 2.73. The molecule has 1 amide bonds. The fourth-order valence-corrected chi connectivity index (χ4v) is 2.73. The van der Waals surface area contributed by atoms with E-state index in [2.05, 4.69) is 4.98 Å². The van der Waals surface area contributed by atoms with Crippen LogP contribution in [0.1, 0.15) is 15.9 Å².